The van der Waals surface area contributed by atoms with Crippen molar-refractivity contribution in [1.29, 1.82) is 0 Å². The van der Waals surface area contributed by atoms with Gasteiger partial charge >= 0.3 is 0 Å². The molecule has 1 unspecified atom stereocenters. The summed E-state index contributed by atoms with van der Waals surface area (Å²) in [5.74, 6) is 1.14. The monoisotopic (exact) mass is 363 g/mol. The van der Waals surface area contributed by atoms with E-state index in [0.717, 1.165) is 24.3 Å². The average molecular weight is 364 g/mol. The van der Waals surface area contributed by atoms with Gasteiger partial charge in [0.1, 0.15) is 5.82 Å². The van der Waals surface area contributed by atoms with Gasteiger partial charge in [0, 0.05) is 28.4 Å². The zero-order chi connectivity index (χ0) is 14.8. The molecule has 0 amide bonds. The lowest BCUT2D eigenvalue weighted by atomic mass is 10.1. The number of aryl methyl sites for hydroxylation is 1. The number of likely N-dealkylation sites (N-methyl/N-ethyl adjacent to an activating group) is 1. The van der Waals surface area contributed by atoms with Gasteiger partial charge in [0.15, 0.2) is 0 Å². The van der Waals surface area contributed by atoms with Gasteiger partial charge in [0.25, 0.3) is 0 Å². The second-order valence-corrected chi connectivity index (χ2v) is 6.74. The Kier molecular flexibility index (Phi) is 4.42. The predicted octanol–water partition coefficient (Wildman–Crippen LogP) is 4.38. The minimum atomic E-state index is 0.279. The average Bonchev–Trinajstić information content (AvgIpc) is 3.07. The Bertz CT molecular complexity index is 747. The molecule has 0 bridgehead atoms. The van der Waals surface area contributed by atoms with E-state index in [1.165, 1.54) is 14.9 Å². The zero-order valence-corrected chi connectivity index (χ0v) is 14.5. The van der Waals surface area contributed by atoms with E-state index in [2.05, 4.69) is 62.4 Å². The molecule has 1 atom stereocenters. The molecule has 21 heavy (non-hydrogen) atoms. The molecular weight excluding hydrogens is 346 g/mol. The summed E-state index contributed by atoms with van der Waals surface area (Å²) < 4.78 is 3.48. The summed E-state index contributed by atoms with van der Waals surface area (Å²) in [7, 11) is 2.01. The molecule has 5 heteroatoms. The third kappa shape index (κ3) is 2.78. The quantitative estimate of drug-likeness (QED) is 0.728. The summed E-state index contributed by atoms with van der Waals surface area (Å²) in [5.41, 5.74) is 2.30. The number of fused-ring (bicyclic) bond motifs is 1. The van der Waals surface area contributed by atoms with Crippen molar-refractivity contribution in [1.82, 2.24) is 14.9 Å². The normalized spacial score (nSPS) is 12.9. The predicted molar refractivity (Wildman–Crippen MR) is 92.9 cm³/mol. The van der Waals surface area contributed by atoms with Crippen molar-refractivity contribution in [3.63, 3.8) is 0 Å². The highest BCUT2D eigenvalue weighted by atomic mass is 79.9. The number of nitrogens with zero attached hydrogens (tertiary/aromatic N) is 2. The van der Waals surface area contributed by atoms with Crippen LogP contribution >= 0.6 is 27.3 Å². The highest BCUT2D eigenvalue weighted by molar-refractivity contribution is 9.10. The largest absolute Gasteiger partial charge is 0.328 e. The fourth-order valence-electron chi connectivity index (χ4n) is 2.70. The van der Waals surface area contributed by atoms with Crippen molar-refractivity contribution < 1.29 is 0 Å². The van der Waals surface area contributed by atoms with E-state index < -0.39 is 0 Å². The highest BCUT2D eigenvalue weighted by Crippen LogP contribution is 2.31. The summed E-state index contributed by atoms with van der Waals surface area (Å²) in [6.45, 7) is 3.12. The van der Waals surface area contributed by atoms with Crippen molar-refractivity contribution in [2.24, 2.45) is 0 Å². The van der Waals surface area contributed by atoms with Crippen molar-refractivity contribution in [2.75, 3.05) is 7.05 Å². The van der Waals surface area contributed by atoms with Gasteiger partial charge in [-0.1, -0.05) is 12.1 Å². The van der Waals surface area contributed by atoms with Gasteiger partial charge in [-0.3, -0.25) is 0 Å². The van der Waals surface area contributed by atoms with Crippen LogP contribution in [0.15, 0.2) is 40.2 Å². The molecule has 3 rings (SSSR count). The van der Waals surface area contributed by atoms with E-state index in [-0.39, 0.29) is 6.04 Å². The van der Waals surface area contributed by atoms with Gasteiger partial charge in [0.05, 0.1) is 11.0 Å². The number of imidazole rings is 1. The molecule has 0 aliphatic rings. The van der Waals surface area contributed by atoms with E-state index in [1.54, 1.807) is 11.3 Å². The van der Waals surface area contributed by atoms with Gasteiger partial charge in [-0.2, -0.15) is 0 Å². The Hall–Kier alpha value is -1.17. The molecule has 0 saturated carbocycles. The second kappa shape index (κ2) is 6.30. The number of halogens is 1. The maximum atomic E-state index is 4.82. The van der Waals surface area contributed by atoms with Crippen LogP contribution in [-0.2, 0) is 13.0 Å². The molecule has 0 saturated heterocycles. The molecule has 110 valence electrons. The summed E-state index contributed by atoms with van der Waals surface area (Å²) in [5, 5.41) is 5.53. The Morgan fingerprint density at radius 3 is 2.81 bits per heavy atom. The highest BCUT2D eigenvalue weighted by Gasteiger charge is 2.18. The van der Waals surface area contributed by atoms with Crippen LogP contribution in [0.4, 0.5) is 0 Å². The lowest BCUT2D eigenvalue weighted by Crippen LogP contribution is -2.20. The summed E-state index contributed by atoms with van der Waals surface area (Å²) in [6.07, 6.45) is 0.887. The molecule has 3 nitrogen and oxygen atoms in total. The Morgan fingerprint density at radius 1 is 1.33 bits per heavy atom. The molecule has 0 fully saturated rings. The first kappa shape index (κ1) is 14.8. The molecule has 0 spiro atoms. The molecule has 1 N–H and O–H groups in total. The number of rotatable bonds is 5. The standard InChI is InChI=1S/C16H18BrN3S/c1-3-20-14-7-5-4-6-12(14)19-15(20)10-13(18-2)16-11(17)8-9-21-16/h4-9,13,18H,3,10H2,1-2H3. The van der Waals surface area contributed by atoms with Crippen LogP contribution in [-0.4, -0.2) is 16.6 Å². The number of hydrogen-bond acceptors (Lipinski definition) is 3. The first-order valence-electron chi connectivity index (χ1n) is 7.09. The maximum absolute atomic E-state index is 4.82. The lowest BCUT2D eigenvalue weighted by Gasteiger charge is -2.16. The number of hydrogen-bond donors (Lipinski definition) is 1. The SMILES string of the molecule is CCn1c(CC(NC)c2sccc2Br)nc2ccccc21. The number of aromatic nitrogens is 2. The Morgan fingerprint density at radius 2 is 2.14 bits per heavy atom. The molecule has 3 aromatic rings. The third-order valence-electron chi connectivity index (χ3n) is 3.75. The lowest BCUT2D eigenvalue weighted by molar-refractivity contribution is 0.563. The van der Waals surface area contributed by atoms with E-state index in [9.17, 15) is 0 Å². The van der Waals surface area contributed by atoms with Crippen molar-refractivity contribution in [2.45, 2.75) is 25.9 Å². The first-order chi connectivity index (χ1) is 10.2. The van der Waals surface area contributed by atoms with Crippen molar-refractivity contribution in [3.05, 3.63) is 50.9 Å². The molecular formula is C16H18BrN3S. The van der Waals surface area contributed by atoms with E-state index >= 15 is 0 Å². The number of thiophene rings is 1. The molecule has 0 aliphatic heterocycles. The van der Waals surface area contributed by atoms with Crippen LogP contribution in [0.3, 0.4) is 0 Å². The summed E-state index contributed by atoms with van der Waals surface area (Å²) in [6, 6.07) is 10.7. The van der Waals surface area contributed by atoms with Crippen LogP contribution in [0.5, 0.6) is 0 Å². The number of para-hydroxylation sites is 2. The topological polar surface area (TPSA) is 29.9 Å². The fourth-order valence-corrected chi connectivity index (χ4v) is 4.46. The Balaban J connectivity index is 1.98. The fraction of sp³-hybridized carbons (Fsp3) is 0.312. The molecule has 0 radical (unpaired) electrons. The van der Waals surface area contributed by atoms with Crippen LogP contribution < -0.4 is 5.32 Å². The smallest absolute Gasteiger partial charge is 0.111 e. The van der Waals surface area contributed by atoms with Gasteiger partial charge in [0.2, 0.25) is 0 Å². The van der Waals surface area contributed by atoms with E-state index in [0.29, 0.717) is 0 Å². The minimum absolute atomic E-state index is 0.279. The van der Waals surface area contributed by atoms with Crippen LogP contribution in [0.1, 0.15) is 23.7 Å². The minimum Gasteiger partial charge on any atom is -0.328 e. The van der Waals surface area contributed by atoms with Crippen LogP contribution in [0.2, 0.25) is 0 Å². The first-order valence-corrected chi connectivity index (χ1v) is 8.76. The summed E-state index contributed by atoms with van der Waals surface area (Å²) in [4.78, 5) is 6.15. The van der Waals surface area contributed by atoms with Crippen molar-refractivity contribution >= 4 is 38.3 Å². The zero-order valence-electron chi connectivity index (χ0n) is 12.1. The number of benzene rings is 1. The van der Waals surface area contributed by atoms with Crippen LogP contribution in [0, 0.1) is 0 Å². The van der Waals surface area contributed by atoms with E-state index in [4.69, 9.17) is 4.98 Å². The van der Waals surface area contributed by atoms with Gasteiger partial charge < -0.3 is 9.88 Å². The van der Waals surface area contributed by atoms with Crippen LogP contribution in [0.25, 0.3) is 11.0 Å². The van der Waals surface area contributed by atoms with Gasteiger partial charge in [-0.05, 0) is 53.5 Å². The van der Waals surface area contributed by atoms with E-state index in [1.807, 2.05) is 13.1 Å². The molecule has 2 aromatic heterocycles. The van der Waals surface area contributed by atoms with Gasteiger partial charge in [-0.15, -0.1) is 11.3 Å². The second-order valence-electron chi connectivity index (χ2n) is 4.94. The third-order valence-corrected chi connectivity index (χ3v) is 5.73. The molecule has 2 heterocycles. The molecule has 0 aliphatic carbocycles. The Labute approximate surface area is 137 Å². The van der Waals surface area contributed by atoms with Crippen molar-refractivity contribution in [3.8, 4) is 0 Å². The molecule has 1 aromatic carbocycles. The summed E-state index contributed by atoms with van der Waals surface area (Å²) >= 11 is 5.41. The number of nitrogens with one attached hydrogen (secondary N) is 1. The van der Waals surface area contributed by atoms with Gasteiger partial charge in [-0.25, -0.2) is 4.98 Å². The maximum Gasteiger partial charge on any atom is 0.111 e.